The maximum absolute atomic E-state index is 12.1. The number of halogens is 2. The number of hydrogen-bond donors (Lipinski definition) is 1. The van der Waals surface area contributed by atoms with Gasteiger partial charge in [-0.3, -0.25) is 4.79 Å². The molecule has 5 nitrogen and oxygen atoms in total. The number of carbonyl (C=O) groups excluding carboxylic acids is 1. The lowest BCUT2D eigenvalue weighted by atomic mass is 10.2. The van der Waals surface area contributed by atoms with Gasteiger partial charge in [-0.2, -0.15) is 0 Å². The average Bonchev–Trinajstić information content (AvgIpc) is 2.57. The van der Waals surface area contributed by atoms with Crippen molar-refractivity contribution in [3.63, 3.8) is 0 Å². The number of hydrogen-bond acceptors (Lipinski definition) is 4. The van der Waals surface area contributed by atoms with E-state index >= 15 is 0 Å². The summed E-state index contributed by atoms with van der Waals surface area (Å²) in [5, 5.41) is 3.42. The molecule has 1 aromatic heterocycles. The van der Waals surface area contributed by atoms with E-state index in [1.54, 1.807) is 37.4 Å². The van der Waals surface area contributed by atoms with Crippen molar-refractivity contribution in [3.05, 3.63) is 52.1 Å². The second kappa shape index (κ2) is 8.04. The number of ether oxygens (including phenoxy) is 2. The predicted octanol–water partition coefficient (Wildman–Crippen LogP) is 3.48. The molecule has 122 valence electrons. The van der Waals surface area contributed by atoms with E-state index in [1.807, 2.05) is 6.07 Å². The third-order valence-electron chi connectivity index (χ3n) is 3.09. The van der Waals surface area contributed by atoms with E-state index in [4.69, 9.17) is 32.7 Å². The molecule has 1 atom stereocenters. The van der Waals surface area contributed by atoms with Crippen LogP contribution in [0.1, 0.15) is 12.5 Å². The summed E-state index contributed by atoms with van der Waals surface area (Å²) in [4.78, 5) is 16.2. The Balaban J connectivity index is 1.96. The Morgan fingerprint density at radius 2 is 2.09 bits per heavy atom. The molecule has 0 aliphatic rings. The molecule has 2 aromatic rings. The van der Waals surface area contributed by atoms with Gasteiger partial charge in [0.05, 0.1) is 12.1 Å². The van der Waals surface area contributed by atoms with Crippen LogP contribution in [0, 0.1) is 0 Å². The van der Waals surface area contributed by atoms with E-state index in [0.29, 0.717) is 16.7 Å². The predicted molar refractivity (Wildman–Crippen MR) is 89.2 cm³/mol. The lowest BCUT2D eigenvalue weighted by Crippen LogP contribution is -2.36. The average molecular weight is 355 g/mol. The minimum Gasteiger partial charge on any atom is -0.481 e. The van der Waals surface area contributed by atoms with Crippen molar-refractivity contribution in [2.24, 2.45) is 0 Å². The first-order valence-corrected chi connectivity index (χ1v) is 7.64. The zero-order chi connectivity index (χ0) is 16.8. The largest absolute Gasteiger partial charge is 0.481 e. The molecule has 0 saturated carbocycles. The zero-order valence-electron chi connectivity index (χ0n) is 12.7. The maximum atomic E-state index is 12.1. The van der Waals surface area contributed by atoms with Crippen molar-refractivity contribution in [2.75, 3.05) is 7.11 Å². The van der Waals surface area contributed by atoms with Crippen LogP contribution in [0.25, 0.3) is 0 Å². The van der Waals surface area contributed by atoms with Crippen LogP contribution in [0.5, 0.6) is 11.6 Å². The second-order valence-electron chi connectivity index (χ2n) is 4.70. The van der Waals surface area contributed by atoms with Gasteiger partial charge >= 0.3 is 0 Å². The maximum Gasteiger partial charge on any atom is 0.261 e. The minimum atomic E-state index is -0.728. The van der Waals surface area contributed by atoms with Crippen molar-refractivity contribution in [3.8, 4) is 11.6 Å². The molecule has 23 heavy (non-hydrogen) atoms. The highest BCUT2D eigenvalue weighted by atomic mass is 35.5. The summed E-state index contributed by atoms with van der Waals surface area (Å²) < 4.78 is 10.7. The molecule has 0 radical (unpaired) electrons. The van der Waals surface area contributed by atoms with Crippen molar-refractivity contribution in [2.45, 2.75) is 19.6 Å². The Kier molecular flexibility index (Phi) is 6.07. The molecule has 0 aliphatic carbocycles. The van der Waals surface area contributed by atoms with Gasteiger partial charge in [0.15, 0.2) is 6.10 Å². The highest BCUT2D eigenvalue weighted by molar-refractivity contribution is 6.42. The SMILES string of the molecule is COc1ncccc1CNC(=O)C(C)Oc1cccc(Cl)c1Cl. The second-order valence-corrected chi connectivity index (χ2v) is 5.49. The van der Waals surface area contributed by atoms with Crippen LogP contribution in [0.4, 0.5) is 0 Å². The van der Waals surface area contributed by atoms with Gasteiger partial charge in [-0.15, -0.1) is 0 Å². The molecule has 0 spiro atoms. The van der Waals surface area contributed by atoms with Crippen LogP contribution in [0.3, 0.4) is 0 Å². The molecular formula is C16H16Cl2N2O3. The molecule has 0 saturated heterocycles. The number of nitrogens with zero attached hydrogens (tertiary/aromatic N) is 1. The molecular weight excluding hydrogens is 339 g/mol. The standard InChI is InChI=1S/C16H16Cl2N2O3/c1-10(23-13-7-3-6-12(17)14(13)18)15(21)20-9-11-5-4-8-19-16(11)22-2/h3-8,10H,9H2,1-2H3,(H,20,21). The number of rotatable bonds is 6. The summed E-state index contributed by atoms with van der Waals surface area (Å²) in [7, 11) is 1.53. The van der Waals surface area contributed by atoms with E-state index in [2.05, 4.69) is 10.3 Å². The zero-order valence-corrected chi connectivity index (χ0v) is 14.2. The van der Waals surface area contributed by atoms with E-state index in [1.165, 1.54) is 7.11 Å². The van der Waals surface area contributed by atoms with Crippen LogP contribution >= 0.6 is 23.2 Å². The number of nitrogens with one attached hydrogen (secondary N) is 1. The Bertz CT molecular complexity index is 695. The molecule has 1 aromatic carbocycles. The fourth-order valence-electron chi connectivity index (χ4n) is 1.89. The molecule has 7 heteroatoms. The lowest BCUT2D eigenvalue weighted by Gasteiger charge is -2.16. The van der Waals surface area contributed by atoms with Gasteiger partial charge in [0, 0.05) is 18.3 Å². The van der Waals surface area contributed by atoms with Crippen LogP contribution in [0.2, 0.25) is 10.0 Å². The van der Waals surface area contributed by atoms with Crippen molar-refractivity contribution >= 4 is 29.1 Å². The first-order valence-electron chi connectivity index (χ1n) is 6.89. The van der Waals surface area contributed by atoms with Crippen molar-refractivity contribution < 1.29 is 14.3 Å². The van der Waals surface area contributed by atoms with Gasteiger partial charge in [-0.25, -0.2) is 4.98 Å². The first kappa shape index (κ1) is 17.4. The number of methoxy groups -OCH3 is 1. The molecule has 1 unspecified atom stereocenters. The fourth-order valence-corrected chi connectivity index (χ4v) is 2.22. The van der Waals surface area contributed by atoms with Crippen molar-refractivity contribution in [1.29, 1.82) is 0 Å². The topological polar surface area (TPSA) is 60.5 Å². The van der Waals surface area contributed by atoms with Gasteiger partial charge in [-0.05, 0) is 25.1 Å². The number of aromatic nitrogens is 1. The minimum absolute atomic E-state index is 0.280. The van der Waals surface area contributed by atoms with E-state index in [9.17, 15) is 4.79 Å². The Labute approximate surface area is 144 Å². The van der Waals surface area contributed by atoms with E-state index in [-0.39, 0.29) is 17.5 Å². The van der Waals surface area contributed by atoms with Gasteiger partial charge < -0.3 is 14.8 Å². The Morgan fingerprint density at radius 3 is 2.83 bits per heavy atom. The summed E-state index contributed by atoms with van der Waals surface area (Å²) in [5.74, 6) is 0.548. The molecule has 1 N–H and O–H groups in total. The van der Waals surface area contributed by atoms with Gasteiger partial charge in [0.1, 0.15) is 10.8 Å². The summed E-state index contributed by atoms with van der Waals surface area (Å²) in [6, 6.07) is 8.61. The first-order chi connectivity index (χ1) is 11.0. The highest BCUT2D eigenvalue weighted by Gasteiger charge is 2.17. The molecule has 0 aliphatic heterocycles. The summed E-state index contributed by atoms with van der Waals surface area (Å²) in [6.45, 7) is 1.92. The summed E-state index contributed by atoms with van der Waals surface area (Å²) >= 11 is 12.0. The van der Waals surface area contributed by atoms with Crippen LogP contribution in [0.15, 0.2) is 36.5 Å². The van der Waals surface area contributed by atoms with Crippen LogP contribution < -0.4 is 14.8 Å². The summed E-state index contributed by atoms with van der Waals surface area (Å²) in [6.07, 6.45) is 0.894. The third-order valence-corrected chi connectivity index (χ3v) is 3.89. The molecule has 1 amide bonds. The Morgan fingerprint density at radius 1 is 1.30 bits per heavy atom. The molecule has 2 rings (SSSR count). The quantitative estimate of drug-likeness (QED) is 0.862. The highest BCUT2D eigenvalue weighted by Crippen LogP contribution is 2.32. The summed E-state index contributed by atoms with van der Waals surface area (Å²) in [5.41, 5.74) is 0.774. The van der Waals surface area contributed by atoms with Crippen LogP contribution in [-0.4, -0.2) is 24.1 Å². The fraction of sp³-hybridized carbons (Fsp3) is 0.250. The van der Waals surface area contributed by atoms with E-state index in [0.717, 1.165) is 5.56 Å². The number of benzene rings is 1. The Hall–Kier alpha value is -1.98. The number of amides is 1. The monoisotopic (exact) mass is 354 g/mol. The van der Waals surface area contributed by atoms with Crippen LogP contribution in [-0.2, 0) is 11.3 Å². The smallest absolute Gasteiger partial charge is 0.261 e. The number of carbonyl (C=O) groups is 1. The van der Waals surface area contributed by atoms with E-state index < -0.39 is 6.10 Å². The van der Waals surface area contributed by atoms with Gasteiger partial charge in [0.2, 0.25) is 5.88 Å². The van der Waals surface area contributed by atoms with Crippen molar-refractivity contribution in [1.82, 2.24) is 10.3 Å². The molecule has 0 bridgehead atoms. The van der Waals surface area contributed by atoms with Gasteiger partial charge in [-0.1, -0.05) is 35.3 Å². The lowest BCUT2D eigenvalue weighted by molar-refractivity contribution is -0.127. The molecule has 0 fully saturated rings. The normalized spacial score (nSPS) is 11.7. The van der Waals surface area contributed by atoms with Gasteiger partial charge in [0.25, 0.3) is 5.91 Å². The third kappa shape index (κ3) is 4.50. The number of pyridine rings is 1. The molecule has 1 heterocycles.